The number of aromatic carboxylic acids is 1. The van der Waals surface area contributed by atoms with Crippen LogP contribution in [-0.2, 0) is 11.2 Å². The zero-order valence-corrected chi connectivity index (χ0v) is 13.0. The molecule has 0 spiro atoms. The van der Waals surface area contributed by atoms with Crippen molar-refractivity contribution < 1.29 is 19.4 Å². The number of hydrogen-bond acceptors (Lipinski definition) is 3. The normalized spacial score (nSPS) is 10.5. The molecule has 0 aliphatic rings. The van der Waals surface area contributed by atoms with E-state index in [2.05, 4.69) is 10.3 Å². The molecule has 0 saturated heterocycles. The number of hydrogen-bond donors (Lipinski definition) is 3. The number of fused-ring (bicyclic) bond motifs is 1. The maximum absolute atomic E-state index is 12.4. The fourth-order valence-electron chi connectivity index (χ4n) is 2.67. The smallest absolute Gasteiger partial charge is 0.352 e. The highest BCUT2D eigenvalue weighted by atomic mass is 16.5. The quantitative estimate of drug-likeness (QED) is 0.672. The third-order valence-electron chi connectivity index (χ3n) is 3.75. The number of amides is 1. The van der Waals surface area contributed by atoms with Gasteiger partial charge in [0.15, 0.2) is 0 Å². The molecule has 0 aliphatic heterocycles. The lowest BCUT2D eigenvalue weighted by Gasteiger charge is -2.10. The van der Waals surface area contributed by atoms with Crippen molar-refractivity contribution in [3.63, 3.8) is 0 Å². The van der Waals surface area contributed by atoms with Crippen LogP contribution in [0.5, 0.6) is 5.75 Å². The SMILES string of the molecule is COc1ccccc1NC(=O)Cc1c(C(=O)O)[nH]c2ccccc12. The highest BCUT2D eigenvalue weighted by molar-refractivity contribution is 6.02. The Balaban J connectivity index is 1.90. The minimum atomic E-state index is -1.09. The first kappa shape index (κ1) is 15.6. The summed E-state index contributed by atoms with van der Waals surface area (Å²) in [5.74, 6) is -0.860. The summed E-state index contributed by atoms with van der Waals surface area (Å²) in [5, 5.41) is 12.9. The minimum Gasteiger partial charge on any atom is -0.495 e. The molecule has 0 saturated carbocycles. The summed E-state index contributed by atoms with van der Waals surface area (Å²) in [6, 6.07) is 14.2. The van der Waals surface area contributed by atoms with Crippen molar-refractivity contribution >= 4 is 28.5 Å². The number of aromatic amines is 1. The van der Waals surface area contributed by atoms with Crippen LogP contribution < -0.4 is 10.1 Å². The van der Waals surface area contributed by atoms with E-state index in [0.29, 0.717) is 22.5 Å². The minimum absolute atomic E-state index is 0.0337. The summed E-state index contributed by atoms with van der Waals surface area (Å²) in [4.78, 5) is 26.7. The van der Waals surface area contributed by atoms with Gasteiger partial charge < -0.3 is 20.1 Å². The first-order valence-electron chi connectivity index (χ1n) is 7.36. The summed E-state index contributed by atoms with van der Waals surface area (Å²) in [7, 11) is 1.52. The number of carboxylic acid groups (broad SMARTS) is 1. The van der Waals surface area contributed by atoms with E-state index < -0.39 is 5.97 Å². The highest BCUT2D eigenvalue weighted by Gasteiger charge is 2.19. The van der Waals surface area contributed by atoms with Crippen LogP contribution in [0.1, 0.15) is 16.1 Å². The van der Waals surface area contributed by atoms with E-state index in [1.807, 2.05) is 12.1 Å². The summed E-state index contributed by atoms with van der Waals surface area (Å²) >= 11 is 0. The monoisotopic (exact) mass is 324 g/mol. The number of para-hydroxylation sites is 3. The Kier molecular flexibility index (Phi) is 4.20. The molecule has 1 heterocycles. The van der Waals surface area contributed by atoms with Crippen molar-refractivity contribution in [2.45, 2.75) is 6.42 Å². The van der Waals surface area contributed by atoms with E-state index in [9.17, 15) is 14.7 Å². The van der Waals surface area contributed by atoms with Crippen molar-refractivity contribution in [2.24, 2.45) is 0 Å². The fraction of sp³-hybridized carbons (Fsp3) is 0.111. The lowest BCUT2D eigenvalue weighted by atomic mass is 10.1. The number of carbonyl (C=O) groups excluding carboxylic acids is 1. The largest absolute Gasteiger partial charge is 0.495 e. The van der Waals surface area contributed by atoms with Crippen LogP contribution in [0.15, 0.2) is 48.5 Å². The molecular formula is C18H16N2O4. The molecule has 1 amide bonds. The molecule has 3 rings (SSSR count). The first-order valence-corrected chi connectivity index (χ1v) is 7.36. The lowest BCUT2D eigenvalue weighted by molar-refractivity contribution is -0.115. The van der Waals surface area contributed by atoms with Gasteiger partial charge in [-0.2, -0.15) is 0 Å². The van der Waals surface area contributed by atoms with Crippen LogP contribution in [-0.4, -0.2) is 29.1 Å². The molecule has 3 N–H and O–H groups in total. The van der Waals surface area contributed by atoms with Gasteiger partial charge in [-0.1, -0.05) is 30.3 Å². The average Bonchev–Trinajstić information content (AvgIpc) is 2.94. The molecule has 2 aromatic carbocycles. The third kappa shape index (κ3) is 2.94. The van der Waals surface area contributed by atoms with Crippen molar-refractivity contribution in [3.8, 4) is 5.75 Å². The molecule has 0 radical (unpaired) electrons. The number of methoxy groups -OCH3 is 1. The molecular weight excluding hydrogens is 308 g/mol. The summed E-state index contributed by atoms with van der Waals surface area (Å²) in [6.45, 7) is 0. The van der Waals surface area contributed by atoms with Gasteiger partial charge in [0.05, 0.1) is 19.2 Å². The maximum Gasteiger partial charge on any atom is 0.352 e. The van der Waals surface area contributed by atoms with Crippen LogP contribution >= 0.6 is 0 Å². The van der Waals surface area contributed by atoms with Gasteiger partial charge in [-0.05, 0) is 18.2 Å². The predicted octanol–water partition coefficient (Wildman–Crippen LogP) is 3.06. The molecule has 1 aromatic heterocycles. The number of carboxylic acids is 1. The number of carbonyl (C=O) groups is 2. The van der Waals surface area contributed by atoms with E-state index in [0.717, 1.165) is 5.39 Å². The van der Waals surface area contributed by atoms with E-state index in [1.165, 1.54) is 7.11 Å². The second-order valence-corrected chi connectivity index (χ2v) is 5.25. The topological polar surface area (TPSA) is 91.4 Å². The molecule has 24 heavy (non-hydrogen) atoms. The van der Waals surface area contributed by atoms with Gasteiger partial charge in [-0.25, -0.2) is 4.79 Å². The van der Waals surface area contributed by atoms with Crippen molar-refractivity contribution in [3.05, 3.63) is 59.8 Å². The second kappa shape index (κ2) is 6.45. The van der Waals surface area contributed by atoms with Crippen molar-refractivity contribution in [1.29, 1.82) is 0 Å². The fourth-order valence-corrected chi connectivity index (χ4v) is 2.67. The van der Waals surface area contributed by atoms with Gasteiger partial charge in [0.2, 0.25) is 5.91 Å². The highest BCUT2D eigenvalue weighted by Crippen LogP contribution is 2.26. The Labute approximate surface area is 138 Å². The van der Waals surface area contributed by atoms with Crippen LogP contribution in [0.4, 0.5) is 5.69 Å². The molecule has 6 nitrogen and oxygen atoms in total. The van der Waals surface area contributed by atoms with E-state index in [4.69, 9.17) is 4.74 Å². The van der Waals surface area contributed by atoms with Gasteiger partial charge in [0.25, 0.3) is 0 Å². The molecule has 0 aliphatic carbocycles. The molecule has 0 unspecified atom stereocenters. The second-order valence-electron chi connectivity index (χ2n) is 5.25. The molecule has 0 bridgehead atoms. The van der Waals surface area contributed by atoms with Gasteiger partial charge in [-0.3, -0.25) is 4.79 Å². The molecule has 0 atom stereocenters. The standard InChI is InChI=1S/C18H16N2O4/c1-24-15-9-5-4-8-14(15)19-16(21)10-12-11-6-2-3-7-13(11)20-17(12)18(22)23/h2-9,20H,10H2,1H3,(H,19,21)(H,22,23). The number of benzene rings is 2. The van der Waals surface area contributed by atoms with Crippen LogP contribution in [0.3, 0.4) is 0 Å². The Morgan fingerprint density at radius 2 is 1.83 bits per heavy atom. The summed E-state index contributed by atoms with van der Waals surface area (Å²) in [6.07, 6.45) is -0.0519. The maximum atomic E-state index is 12.4. The molecule has 122 valence electrons. The third-order valence-corrected chi connectivity index (χ3v) is 3.75. The van der Waals surface area contributed by atoms with E-state index in [-0.39, 0.29) is 18.0 Å². The van der Waals surface area contributed by atoms with Crippen molar-refractivity contribution in [1.82, 2.24) is 4.98 Å². The van der Waals surface area contributed by atoms with Crippen LogP contribution in [0.25, 0.3) is 10.9 Å². The van der Waals surface area contributed by atoms with Gasteiger partial charge in [0.1, 0.15) is 11.4 Å². The number of anilines is 1. The molecule has 0 fully saturated rings. The van der Waals surface area contributed by atoms with Crippen LogP contribution in [0.2, 0.25) is 0 Å². The Bertz CT molecular complexity index is 914. The van der Waals surface area contributed by atoms with Gasteiger partial charge in [0, 0.05) is 16.5 Å². The average molecular weight is 324 g/mol. The van der Waals surface area contributed by atoms with Crippen LogP contribution in [0, 0.1) is 0 Å². The zero-order valence-electron chi connectivity index (χ0n) is 13.0. The van der Waals surface area contributed by atoms with E-state index >= 15 is 0 Å². The summed E-state index contributed by atoms with van der Waals surface area (Å²) < 4.78 is 5.20. The Morgan fingerprint density at radius 1 is 1.12 bits per heavy atom. The predicted molar refractivity (Wildman–Crippen MR) is 90.6 cm³/mol. The number of H-pyrrole nitrogens is 1. The molecule has 6 heteroatoms. The lowest BCUT2D eigenvalue weighted by Crippen LogP contribution is -2.16. The number of nitrogens with one attached hydrogen (secondary N) is 2. The van der Waals surface area contributed by atoms with Gasteiger partial charge >= 0.3 is 5.97 Å². The summed E-state index contributed by atoms with van der Waals surface area (Å²) in [5.41, 5.74) is 1.73. The Morgan fingerprint density at radius 3 is 2.58 bits per heavy atom. The van der Waals surface area contributed by atoms with Crippen molar-refractivity contribution in [2.75, 3.05) is 12.4 Å². The zero-order chi connectivity index (χ0) is 17.1. The number of ether oxygens (including phenoxy) is 1. The first-order chi connectivity index (χ1) is 11.6. The Hall–Kier alpha value is -3.28. The van der Waals surface area contributed by atoms with Gasteiger partial charge in [-0.15, -0.1) is 0 Å². The number of aromatic nitrogens is 1. The number of rotatable bonds is 5. The van der Waals surface area contributed by atoms with E-state index in [1.54, 1.807) is 36.4 Å². The molecule has 3 aromatic rings.